The first kappa shape index (κ1) is 19.8. The van der Waals surface area contributed by atoms with E-state index in [9.17, 15) is 9.18 Å². The average molecular weight is 353 g/mol. The lowest BCUT2D eigenvalue weighted by atomic mass is 10.00. The van der Waals surface area contributed by atoms with Crippen LogP contribution in [0.4, 0.5) is 15.8 Å². The second-order valence-electron chi connectivity index (χ2n) is 5.51. The molecule has 0 aromatic heterocycles. The molecule has 2 rings (SSSR count). The Bertz CT molecular complexity index is 694. The van der Waals surface area contributed by atoms with Crippen LogP contribution in [-0.2, 0) is 11.2 Å². The Hall–Kier alpha value is -2.27. The largest absolute Gasteiger partial charge is 0.497 e. The highest BCUT2D eigenvalue weighted by molar-refractivity contribution is 5.95. The molecule has 24 heavy (non-hydrogen) atoms. The smallest absolute Gasteiger partial charge is 0.227 e. The number of halogens is 2. The molecular formula is C18H22ClFN2O2. The maximum Gasteiger partial charge on any atom is 0.227 e. The highest BCUT2D eigenvalue weighted by Crippen LogP contribution is 2.25. The molecule has 6 heteroatoms. The predicted octanol–water partition coefficient (Wildman–Crippen LogP) is 4.05. The monoisotopic (exact) mass is 352 g/mol. The second kappa shape index (κ2) is 9.13. The number of nitrogens with one attached hydrogen (secondary N) is 1. The SMILES string of the molecule is COc1ccc(N)c(NC(=O)C(C)CCc2cccc(F)c2)c1.Cl. The molecule has 0 spiro atoms. The molecule has 1 amide bonds. The Balaban J connectivity index is 0.00000288. The molecule has 0 aliphatic heterocycles. The second-order valence-corrected chi connectivity index (χ2v) is 5.51. The van der Waals surface area contributed by atoms with Crippen LogP contribution in [-0.4, -0.2) is 13.0 Å². The number of benzene rings is 2. The number of nitrogen functional groups attached to an aromatic ring is 1. The highest BCUT2D eigenvalue weighted by Gasteiger charge is 2.15. The summed E-state index contributed by atoms with van der Waals surface area (Å²) in [5.41, 5.74) is 7.76. The number of aryl methyl sites for hydroxylation is 1. The summed E-state index contributed by atoms with van der Waals surface area (Å²) < 4.78 is 18.3. The van der Waals surface area contributed by atoms with Gasteiger partial charge in [-0.25, -0.2) is 4.39 Å². The van der Waals surface area contributed by atoms with E-state index < -0.39 is 0 Å². The number of carbonyl (C=O) groups is 1. The first-order chi connectivity index (χ1) is 11.0. The first-order valence-electron chi connectivity index (χ1n) is 7.48. The van der Waals surface area contributed by atoms with Gasteiger partial charge in [-0.2, -0.15) is 0 Å². The molecule has 0 saturated heterocycles. The summed E-state index contributed by atoms with van der Waals surface area (Å²) in [6.07, 6.45) is 1.26. The third-order valence-corrected chi connectivity index (χ3v) is 3.72. The molecule has 130 valence electrons. The molecule has 0 fully saturated rings. The summed E-state index contributed by atoms with van der Waals surface area (Å²) in [7, 11) is 1.55. The van der Waals surface area contributed by atoms with E-state index in [4.69, 9.17) is 10.5 Å². The van der Waals surface area contributed by atoms with Gasteiger partial charge in [-0.1, -0.05) is 19.1 Å². The Morgan fingerprint density at radius 3 is 2.71 bits per heavy atom. The number of ether oxygens (including phenoxy) is 1. The van der Waals surface area contributed by atoms with Crippen LogP contribution >= 0.6 is 12.4 Å². The Morgan fingerprint density at radius 2 is 2.04 bits per heavy atom. The van der Waals surface area contributed by atoms with Gasteiger partial charge in [0.25, 0.3) is 0 Å². The minimum Gasteiger partial charge on any atom is -0.497 e. The number of methoxy groups -OCH3 is 1. The van der Waals surface area contributed by atoms with Crippen LogP contribution in [0.25, 0.3) is 0 Å². The molecule has 1 atom stereocenters. The fourth-order valence-electron chi connectivity index (χ4n) is 2.23. The standard InChI is InChI=1S/C18H21FN2O2.ClH/c1-12(6-7-13-4-3-5-14(19)10-13)18(22)21-17-11-15(23-2)8-9-16(17)20;/h3-5,8-12H,6-7,20H2,1-2H3,(H,21,22);1H. The quantitative estimate of drug-likeness (QED) is 0.771. The maximum atomic E-state index is 13.1. The number of amides is 1. The molecule has 0 aliphatic rings. The van der Waals surface area contributed by atoms with Gasteiger partial charge in [-0.3, -0.25) is 4.79 Å². The van der Waals surface area contributed by atoms with Gasteiger partial charge in [0, 0.05) is 12.0 Å². The Labute approximate surface area is 147 Å². The average Bonchev–Trinajstić information content (AvgIpc) is 2.54. The van der Waals surface area contributed by atoms with Gasteiger partial charge in [-0.05, 0) is 42.7 Å². The van der Waals surface area contributed by atoms with Crippen molar-refractivity contribution in [3.05, 3.63) is 53.8 Å². The van der Waals surface area contributed by atoms with Gasteiger partial charge in [0.15, 0.2) is 0 Å². The minimum absolute atomic E-state index is 0. The number of nitrogens with two attached hydrogens (primary N) is 1. The van der Waals surface area contributed by atoms with Crippen LogP contribution in [0.2, 0.25) is 0 Å². The van der Waals surface area contributed by atoms with Crippen molar-refractivity contribution in [1.82, 2.24) is 0 Å². The normalized spacial score (nSPS) is 11.3. The lowest BCUT2D eigenvalue weighted by Gasteiger charge is -2.14. The van der Waals surface area contributed by atoms with Crippen molar-refractivity contribution >= 4 is 29.7 Å². The Morgan fingerprint density at radius 1 is 1.29 bits per heavy atom. The van der Waals surface area contributed by atoms with E-state index in [0.717, 1.165) is 5.56 Å². The number of hydrogen-bond donors (Lipinski definition) is 2. The van der Waals surface area contributed by atoms with Crippen molar-refractivity contribution in [2.45, 2.75) is 19.8 Å². The molecule has 0 radical (unpaired) electrons. The summed E-state index contributed by atoms with van der Waals surface area (Å²) in [5, 5.41) is 2.81. The van der Waals surface area contributed by atoms with E-state index in [2.05, 4.69) is 5.32 Å². The van der Waals surface area contributed by atoms with Crippen LogP contribution < -0.4 is 15.8 Å². The van der Waals surface area contributed by atoms with Gasteiger partial charge in [0.1, 0.15) is 11.6 Å². The molecule has 0 aliphatic carbocycles. The molecule has 4 nitrogen and oxygen atoms in total. The molecule has 0 heterocycles. The van der Waals surface area contributed by atoms with Gasteiger partial charge >= 0.3 is 0 Å². The lowest BCUT2D eigenvalue weighted by Crippen LogP contribution is -2.21. The number of hydrogen-bond acceptors (Lipinski definition) is 3. The van der Waals surface area contributed by atoms with Crippen molar-refractivity contribution in [3.63, 3.8) is 0 Å². The number of carbonyl (C=O) groups excluding carboxylic acids is 1. The van der Waals surface area contributed by atoms with Crippen molar-refractivity contribution in [2.24, 2.45) is 5.92 Å². The van der Waals surface area contributed by atoms with Crippen molar-refractivity contribution < 1.29 is 13.9 Å². The number of anilines is 2. The summed E-state index contributed by atoms with van der Waals surface area (Å²) >= 11 is 0. The van der Waals surface area contributed by atoms with E-state index in [1.54, 1.807) is 31.4 Å². The summed E-state index contributed by atoms with van der Waals surface area (Å²) in [5.74, 6) is 0.0240. The zero-order valence-corrected chi connectivity index (χ0v) is 14.5. The topological polar surface area (TPSA) is 64.3 Å². The molecule has 0 bridgehead atoms. The van der Waals surface area contributed by atoms with Gasteiger partial charge in [-0.15, -0.1) is 12.4 Å². The zero-order valence-electron chi connectivity index (χ0n) is 13.7. The van der Waals surface area contributed by atoms with E-state index in [1.807, 2.05) is 13.0 Å². The molecule has 2 aromatic rings. The maximum absolute atomic E-state index is 13.1. The van der Waals surface area contributed by atoms with Crippen molar-refractivity contribution in [1.29, 1.82) is 0 Å². The van der Waals surface area contributed by atoms with Crippen LogP contribution in [0.15, 0.2) is 42.5 Å². The Kier molecular flexibility index (Phi) is 7.52. The number of rotatable bonds is 6. The van der Waals surface area contributed by atoms with Crippen molar-refractivity contribution in [3.8, 4) is 5.75 Å². The van der Waals surface area contributed by atoms with Gasteiger partial charge < -0.3 is 15.8 Å². The van der Waals surface area contributed by atoms with E-state index >= 15 is 0 Å². The van der Waals surface area contributed by atoms with E-state index in [1.165, 1.54) is 12.1 Å². The van der Waals surface area contributed by atoms with Crippen LogP contribution in [0.3, 0.4) is 0 Å². The van der Waals surface area contributed by atoms with Gasteiger partial charge in [0.05, 0.1) is 18.5 Å². The fourth-order valence-corrected chi connectivity index (χ4v) is 2.23. The molecular weight excluding hydrogens is 331 g/mol. The van der Waals surface area contributed by atoms with Gasteiger partial charge in [0.2, 0.25) is 5.91 Å². The molecule has 1 unspecified atom stereocenters. The van der Waals surface area contributed by atoms with Crippen LogP contribution in [0, 0.1) is 11.7 Å². The zero-order chi connectivity index (χ0) is 16.8. The highest BCUT2D eigenvalue weighted by atomic mass is 35.5. The summed E-state index contributed by atoms with van der Waals surface area (Å²) in [4.78, 5) is 12.3. The minimum atomic E-state index is -0.260. The summed E-state index contributed by atoms with van der Waals surface area (Å²) in [6, 6.07) is 11.5. The first-order valence-corrected chi connectivity index (χ1v) is 7.48. The summed E-state index contributed by atoms with van der Waals surface area (Å²) in [6.45, 7) is 1.84. The third-order valence-electron chi connectivity index (χ3n) is 3.72. The predicted molar refractivity (Wildman–Crippen MR) is 97.2 cm³/mol. The molecule has 3 N–H and O–H groups in total. The third kappa shape index (κ3) is 5.42. The van der Waals surface area contributed by atoms with E-state index in [0.29, 0.717) is 30.0 Å². The molecule has 2 aromatic carbocycles. The lowest BCUT2D eigenvalue weighted by molar-refractivity contribution is -0.119. The van der Waals surface area contributed by atoms with E-state index in [-0.39, 0.29) is 30.0 Å². The van der Waals surface area contributed by atoms with Crippen LogP contribution in [0.1, 0.15) is 18.9 Å². The van der Waals surface area contributed by atoms with Crippen LogP contribution in [0.5, 0.6) is 5.75 Å². The van der Waals surface area contributed by atoms with Crippen molar-refractivity contribution in [2.75, 3.05) is 18.2 Å². The fraction of sp³-hybridized carbons (Fsp3) is 0.278. The molecule has 0 saturated carbocycles.